The molecule has 41 heavy (non-hydrogen) atoms. The molecule has 12 heteroatoms. The van der Waals surface area contributed by atoms with Gasteiger partial charge in [0.25, 0.3) is 5.91 Å². The van der Waals surface area contributed by atoms with Crippen molar-refractivity contribution >= 4 is 17.7 Å². The molecule has 0 aliphatic heterocycles. The molecule has 0 radical (unpaired) electrons. The van der Waals surface area contributed by atoms with Crippen molar-refractivity contribution in [2.75, 3.05) is 40.0 Å². The van der Waals surface area contributed by atoms with Gasteiger partial charge in [-0.25, -0.2) is 0 Å². The fourth-order valence-electron chi connectivity index (χ4n) is 3.43. The molecule has 2 aromatic carbocycles. The molecule has 0 aliphatic carbocycles. The van der Waals surface area contributed by atoms with E-state index in [1.165, 1.54) is 10.5 Å². The van der Waals surface area contributed by atoms with Crippen LogP contribution in [0.25, 0.3) is 6.08 Å². The van der Waals surface area contributed by atoms with E-state index < -0.39 is 34.1 Å². The molecule has 1 unspecified atom stereocenters. The zero-order valence-corrected chi connectivity index (χ0v) is 24.2. The van der Waals surface area contributed by atoms with Crippen LogP contribution in [0.15, 0.2) is 42.0 Å². The summed E-state index contributed by atoms with van der Waals surface area (Å²) in [6, 6.07) is 12.0. The fourth-order valence-corrected chi connectivity index (χ4v) is 3.43. The molecule has 0 spiro atoms. The van der Waals surface area contributed by atoms with E-state index >= 15 is 0 Å². The summed E-state index contributed by atoms with van der Waals surface area (Å²) in [7, 11) is 1.70. The lowest BCUT2D eigenvalue weighted by molar-refractivity contribution is -0.386. The molecule has 0 fully saturated rings. The minimum Gasteiger partial charge on any atom is -0.504 e. The number of carbonyl (C=O) groups is 1. The van der Waals surface area contributed by atoms with Gasteiger partial charge in [0.05, 0.1) is 11.5 Å². The van der Waals surface area contributed by atoms with Gasteiger partial charge >= 0.3 is 5.69 Å². The maximum absolute atomic E-state index is 12.1. The molecule has 4 N–H and O–H groups in total. The molecular formula is C29H40N4O8. The van der Waals surface area contributed by atoms with E-state index in [2.05, 4.69) is 5.32 Å². The van der Waals surface area contributed by atoms with Crippen molar-refractivity contribution in [2.45, 2.75) is 46.3 Å². The number of amides is 1. The average Bonchev–Trinajstić information content (AvgIpc) is 2.95. The Balaban J connectivity index is 0.000000414. The number of benzene rings is 2. The monoisotopic (exact) mass is 572 g/mol. The van der Waals surface area contributed by atoms with Gasteiger partial charge in [-0.2, -0.15) is 5.26 Å². The number of nitrogens with one attached hydrogen (secondary N) is 1. The second-order valence-electron chi connectivity index (χ2n) is 9.23. The second-order valence-corrected chi connectivity index (χ2v) is 9.23. The van der Waals surface area contributed by atoms with E-state index in [4.69, 9.17) is 14.7 Å². The number of phenols is 2. The summed E-state index contributed by atoms with van der Waals surface area (Å²) in [5.41, 5.74) is 0.359. The molecule has 0 aromatic heterocycles. The van der Waals surface area contributed by atoms with Crippen molar-refractivity contribution < 1.29 is 34.5 Å². The average molecular weight is 573 g/mol. The highest BCUT2D eigenvalue weighted by molar-refractivity contribution is 6.01. The summed E-state index contributed by atoms with van der Waals surface area (Å²) in [5.74, 6) is -1.30. The number of phenolic OH excluding ortho intramolecular Hbond substituents is 2. The number of hydrogen-bond acceptors (Lipinski definition) is 10. The third kappa shape index (κ3) is 12.3. The van der Waals surface area contributed by atoms with Crippen LogP contribution in [-0.2, 0) is 16.0 Å². The predicted octanol–water partition coefficient (Wildman–Crippen LogP) is 3.39. The zero-order valence-electron chi connectivity index (χ0n) is 24.2. The standard InChI is InChI=1S/C15H25NO3.C14H15N3O5/c1-12(2)16-10-14(17)11-19-15-6-4-13(5-7-15)8-9-18-3;1-3-16(4-2)14(20)10(8-15)5-9-6-11(17(21)22)13(19)12(18)7-9/h4-7,12,14,16-17H,8-11H2,1-3H3;5-7,18-19H,3-4H2,1-2H3/b;10-5+. The summed E-state index contributed by atoms with van der Waals surface area (Å²) < 4.78 is 10.6. The molecule has 1 amide bonds. The normalized spacial score (nSPS) is 11.7. The Morgan fingerprint density at radius 3 is 2.34 bits per heavy atom. The van der Waals surface area contributed by atoms with Crippen LogP contribution in [-0.4, -0.2) is 83.2 Å². The number of rotatable bonds is 14. The first kappa shape index (κ1) is 34.8. The summed E-state index contributed by atoms with van der Waals surface area (Å²) in [6.45, 7) is 10.0. The Bertz CT molecular complexity index is 1190. The first-order valence-electron chi connectivity index (χ1n) is 13.2. The lowest BCUT2D eigenvalue weighted by Crippen LogP contribution is -2.35. The number of nitro groups is 1. The van der Waals surface area contributed by atoms with Crippen molar-refractivity contribution in [1.82, 2.24) is 10.2 Å². The number of hydrogen-bond donors (Lipinski definition) is 4. The van der Waals surface area contributed by atoms with Gasteiger partial charge in [0.1, 0.15) is 30.1 Å². The molecule has 0 heterocycles. The highest BCUT2D eigenvalue weighted by atomic mass is 16.6. The lowest BCUT2D eigenvalue weighted by Gasteiger charge is -2.17. The van der Waals surface area contributed by atoms with Gasteiger partial charge in [-0.05, 0) is 55.7 Å². The van der Waals surface area contributed by atoms with E-state index in [-0.39, 0.29) is 11.1 Å². The molecule has 2 aromatic rings. The first-order valence-corrected chi connectivity index (χ1v) is 13.2. The van der Waals surface area contributed by atoms with Crippen LogP contribution in [0.4, 0.5) is 5.69 Å². The number of aliphatic hydroxyl groups excluding tert-OH is 1. The van der Waals surface area contributed by atoms with Crippen LogP contribution < -0.4 is 10.1 Å². The number of aliphatic hydroxyl groups is 1. The van der Waals surface area contributed by atoms with Gasteiger partial charge in [0.2, 0.25) is 5.75 Å². The zero-order chi connectivity index (χ0) is 30.9. The van der Waals surface area contributed by atoms with Crippen molar-refractivity contribution in [3.05, 3.63) is 63.2 Å². The molecule has 0 bridgehead atoms. The first-order chi connectivity index (χ1) is 19.5. The number of likely N-dealkylation sites (N-methyl/N-ethyl adjacent to an activating group) is 1. The van der Waals surface area contributed by atoms with Crippen molar-refractivity contribution in [3.8, 4) is 23.3 Å². The Labute approximate surface area is 240 Å². The maximum atomic E-state index is 12.1. The quantitative estimate of drug-likeness (QED) is 0.0862. The summed E-state index contributed by atoms with van der Waals surface area (Å²) in [5, 5.41) is 51.7. The Morgan fingerprint density at radius 2 is 1.83 bits per heavy atom. The fraction of sp³-hybridized carbons (Fsp3) is 0.448. The van der Waals surface area contributed by atoms with Gasteiger partial charge in [-0.15, -0.1) is 0 Å². The number of methoxy groups -OCH3 is 1. The summed E-state index contributed by atoms with van der Waals surface area (Å²) in [4.78, 5) is 23.4. The van der Waals surface area contributed by atoms with Crippen molar-refractivity contribution in [1.29, 1.82) is 5.26 Å². The van der Waals surface area contributed by atoms with Gasteiger partial charge in [-0.3, -0.25) is 14.9 Å². The molecule has 224 valence electrons. The number of ether oxygens (including phenoxy) is 2. The predicted molar refractivity (Wildman–Crippen MR) is 155 cm³/mol. The second kappa shape index (κ2) is 18.2. The summed E-state index contributed by atoms with van der Waals surface area (Å²) >= 11 is 0. The third-order valence-corrected chi connectivity index (χ3v) is 5.72. The van der Waals surface area contributed by atoms with Gasteiger partial charge in [0, 0.05) is 38.9 Å². The third-order valence-electron chi connectivity index (χ3n) is 5.72. The minimum absolute atomic E-state index is 0.0686. The minimum atomic E-state index is -0.870. The van der Waals surface area contributed by atoms with Crippen LogP contribution >= 0.6 is 0 Å². The van der Waals surface area contributed by atoms with Crippen LogP contribution in [0, 0.1) is 21.4 Å². The van der Waals surface area contributed by atoms with Gasteiger partial charge in [0.15, 0.2) is 5.75 Å². The molecule has 1 atom stereocenters. The molecule has 0 aliphatic rings. The lowest BCUT2D eigenvalue weighted by atomic mass is 10.1. The number of carbonyl (C=O) groups excluding carboxylic acids is 1. The highest BCUT2D eigenvalue weighted by Crippen LogP contribution is 2.36. The van der Waals surface area contributed by atoms with E-state index in [9.17, 15) is 30.2 Å². The molecule has 0 saturated heterocycles. The molecule has 2 rings (SSSR count). The van der Waals surface area contributed by atoms with E-state index in [1.54, 1.807) is 27.0 Å². The smallest absolute Gasteiger partial charge is 0.315 e. The SMILES string of the molecule is CCN(CC)C(=O)/C(C#N)=C/c1cc(O)c(O)c([N+](=O)[O-])c1.COCCc1ccc(OCC(O)CNC(C)C)cc1. The van der Waals surface area contributed by atoms with Crippen LogP contribution in [0.2, 0.25) is 0 Å². The number of nitro benzene ring substituents is 1. The largest absolute Gasteiger partial charge is 0.504 e. The van der Waals surface area contributed by atoms with Crippen LogP contribution in [0.3, 0.4) is 0 Å². The molecular weight excluding hydrogens is 532 g/mol. The number of nitrogens with zero attached hydrogens (tertiary/aromatic N) is 3. The van der Waals surface area contributed by atoms with Crippen LogP contribution in [0.5, 0.6) is 17.2 Å². The van der Waals surface area contributed by atoms with Crippen molar-refractivity contribution in [3.63, 3.8) is 0 Å². The van der Waals surface area contributed by atoms with E-state index in [0.29, 0.717) is 32.3 Å². The van der Waals surface area contributed by atoms with E-state index in [1.807, 2.05) is 38.1 Å². The van der Waals surface area contributed by atoms with Crippen LogP contribution in [0.1, 0.15) is 38.8 Å². The Morgan fingerprint density at radius 1 is 1.20 bits per heavy atom. The van der Waals surface area contributed by atoms with Gasteiger partial charge < -0.3 is 35.0 Å². The Kier molecular flexibility index (Phi) is 15.5. The van der Waals surface area contributed by atoms with Gasteiger partial charge in [-0.1, -0.05) is 26.0 Å². The summed E-state index contributed by atoms with van der Waals surface area (Å²) in [6.07, 6.45) is 1.54. The highest BCUT2D eigenvalue weighted by Gasteiger charge is 2.20. The van der Waals surface area contributed by atoms with Crippen molar-refractivity contribution in [2.24, 2.45) is 0 Å². The number of aromatic hydroxyl groups is 2. The number of nitriles is 1. The van der Waals surface area contributed by atoms with E-state index in [0.717, 1.165) is 37.0 Å². The topological polar surface area (TPSA) is 178 Å². The molecule has 0 saturated carbocycles. The Hall–Kier alpha value is -4.18. The molecule has 12 nitrogen and oxygen atoms in total. The maximum Gasteiger partial charge on any atom is 0.315 e.